The molecule has 0 amide bonds. The lowest BCUT2D eigenvalue weighted by molar-refractivity contribution is -0.0644. The van der Waals surface area contributed by atoms with Gasteiger partial charge in [0.1, 0.15) is 0 Å². The molecule has 2 atom stereocenters. The van der Waals surface area contributed by atoms with Gasteiger partial charge in [-0.3, -0.25) is 0 Å². The van der Waals surface area contributed by atoms with Gasteiger partial charge in [-0.15, -0.1) is 34.0 Å². The van der Waals surface area contributed by atoms with Gasteiger partial charge < -0.3 is 25.6 Å². The summed E-state index contributed by atoms with van der Waals surface area (Å²) in [7, 11) is 0. The molecule has 0 saturated carbocycles. The van der Waals surface area contributed by atoms with Gasteiger partial charge in [0.2, 0.25) is 0 Å². The van der Waals surface area contributed by atoms with Crippen LogP contribution in [0.2, 0.25) is 0 Å². The van der Waals surface area contributed by atoms with E-state index in [4.69, 9.17) is 10.5 Å². The molecule has 2 aliphatic rings. The summed E-state index contributed by atoms with van der Waals surface area (Å²) in [5.74, 6) is 0.429. The minimum absolute atomic E-state index is 0. The van der Waals surface area contributed by atoms with Crippen LogP contribution in [-0.2, 0) is 11.2 Å². The van der Waals surface area contributed by atoms with Crippen molar-refractivity contribution in [2.75, 3.05) is 26.2 Å². The number of nitrogens with zero attached hydrogens (tertiary/aromatic N) is 1. The molecule has 0 aromatic heterocycles. The van der Waals surface area contributed by atoms with Gasteiger partial charge in [-0.1, -0.05) is 13.0 Å². The number of hydrogen-bond donors (Lipinski definition) is 3. The average molecular weight is 468 g/mol. The molecule has 5 nitrogen and oxygen atoms in total. The molecule has 4 N–H and O–H groups in total. The molecule has 138 valence electrons. The predicted molar refractivity (Wildman–Crippen MR) is 106 cm³/mol. The summed E-state index contributed by atoms with van der Waals surface area (Å²) in [4.78, 5) is 2.46. The molecule has 0 radical (unpaired) electrons. The Bertz CT molecular complexity index is 537. The van der Waals surface area contributed by atoms with Crippen LogP contribution in [0.1, 0.15) is 37.0 Å². The van der Waals surface area contributed by atoms with Crippen molar-refractivity contribution in [2.45, 2.75) is 38.4 Å². The normalized spacial score (nSPS) is 24.6. The van der Waals surface area contributed by atoms with E-state index < -0.39 is 0 Å². The van der Waals surface area contributed by atoms with E-state index in [9.17, 15) is 10.2 Å². The fourth-order valence-corrected chi connectivity index (χ4v) is 3.79. The quantitative estimate of drug-likeness (QED) is 0.595. The second-order valence-electron chi connectivity index (χ2n) is 6.38. The maximum Gasteiger partial charge on any atom is 0.161 e. The van der Waals surface area contributed by atoms with Crippen LogP contribution in [0.4, 0.5) is 0 Å². The number of likely N-dealkylation sites (tertiary alicyclic amines) is 1. The Balaban J connectivity index is 0.00000144. The van der Waals surface area contributed by atoms with Gasteiger partial charge in [0.25, 0.3) is 0 Å². The van der Waals surface area contributed by atoms with Crippen LogP contribution in [0.15, 0.2) is 12.1 Å². The summed E-state index contributed by atoms with van der Waals surface area (Å²) in [5, 5.41) is 20.0. The zero-order valence-corrected chi connectivity index (χ0v) is 17.4. The Kier molecular flexibility index (Phi) is 8.48. The summed E-state index contributed by atoms with van der Waals surface area (Å²) in [6.45, 7) is 5.89. The number of rotatable bonds is 3. The number of aromatic hydroxyl groups is 2. The van der Waals surface area contributed by atoms with Gasteiger partial charge in [0.05, 0.1) is 12.2 Å². The van der Waals surface area contributed by atoms with Crippen molar-refractivity contribution < 1.29 is 14.9 Å². The Morgan fingerprint density at radius 3 is 2.46 bits per heavy atom. The molecule has 0 spiro atoms. The summed E-state index contributed by atoms with van der Waals surface area (Å²) in [6, 6.07) is 3.33. The molecule has 24 heavy (non-hydrogen) atoms. The third-order valence-electron chi connectivity index (χ3n) is 5.21. The second-order valence-corrected chi connectivity index (χ2v) is 6.38. The number of piperidine rings is 1. The number of hydrogen-bond acceptors (Lipinski definition) is 5. The van der Waals surface area contributed by atoms with Crippen LogP contribution in [0.3, 0.4) is 0 Å². The van der Waals surface area contributed by atoms with Crippen LogP contribution in [-0.4, -0.2) is 47.4 Å². The van der Waals surface area contributed by atoms with Gasteiger partial charge in [-0.05, 0) is 50.0 Å². The SMILES string of the molecule is Br.Br.CCN1CCC(C2Cc3c(ccc(O)c3O)C(CN)O2)CC1. The highest BCUT2D eigenvalue weighted by molar-refractivity contribution is 8.93. The van der Waals surface area contributed by atoms with Crippen molar-refractivity contribution in [3.8, 4) is 11.5 Å². The number of nitrogens with two attached hydrogens (primary N) is 1. The van der Waals surface area contributed by atoms with Gasteiger partial charge >= 0.3 is 0 Å². The number of ether oxygens (including phenoxy) is 1. The largest absolute Gasteiger partial charge is 0.504 e. The van der Waals surface area contributed by atoms with E-state index in [-0.39, 0.29) is 57.7 Å². The van der Waals surface area contributed by atoms with E-state index in [1.807, 2.05) is 6.07 Å². The van der Waals surface area contributed by atoms with E-state index in [2.05, 4.69) is 11.8 Å². The van der Waals surface area contributed by atoms with Crippen molar-refractivity contribution in [3.05, 3.63) is 23.3 Å². The highest BCUT2D eigenvalue weighted by Crippen LogP contribution is 2.42. The number of halogens is 2. The summed E-state index contributed by atoms with van der Waals surface area (Å²) < 4.78 is 6.23. The van der Waals surface area contributed by atoms with Crippen LogP contribution < -0.4 is 5.73 Å². The summed E-state index contributed by atoms with van der Waals surface area (Å²) in [6.07, 6.45) is 2.77. The van der Waals surface area contributed by atoms with Gasteiger partial charge in [-0.2, -0.15) is 0 Å². The van der Waals surface area contributed by atoms with E-state index in [0.29, 0.717) is 18.9 Å². The third kappa shape index (κ3) is 4.25. The van der Waals surface area contributed by atoms with Crippen LogP contribution in [0.25, 0.3) is 0 Å². The van der Waals surface area contributed by atoms with Crippen molar-refractivity contribution in [1.82, 2.24) is 4.90 Å². The highest BCUT2D eigenvalue weighted by Gasteiger charge is 2.35. The Labute approximate surface area is 164 Å². The summed E-state index contributed by atoms with van der Waals surface area (Å²) in [5.41, 5.74) is 7.59. The number of fused-ring (bicyclic) bond motifs is 1. The van der Waals surface area contributed by atoms with Crippen molar-refractivity contribution >= 4 is 34.0 Å². The average Bonchev–Trinajstić information content (AvgIpc) is 2.57. The fourth-order valence-electron chi connectivity index (χ4n) is 3.79. The fraction of sp³-hybridized carbons (Fsp3) is 0.647. The zero-order valence-electron chi connectivity index (χ0n) is 14.0. The topological polar surface area (TPSA) is 79.0 Å². The van der Waals surface area contributed by atoms with Gasteiger partial charge in [-0.25, -0.2) is 0 Å². The first kappa shape index (κ1) is 21.7. The number of phenols is 2. The second kappa shape index (κ2) is 9.38. The van der Waals surface area contributed by atoms with Crippen molar-refractivity contribution in [3.63, 3.8) is 0 Å². The molecule has 1 aromatic rings. The van der Waals surface area contributed by atoms with Crippen LogP contribution in [0, 0.1) is 5.92 Å². The van der Waals surface area contributed by atoms with Crippen molar-refractivity contribution in [2.24, 2.45) is 11.7 Å². The lowest BCUT2D eigenvalue weighted by Gasteiger charge is -2.40. The minimum atomic E-state index is -0.190. The highest BCUT2D eigenvalue weighted by atomic mass is 79.9. The number of benzene rings is 1. The van der Waals surface area contributed by atoms with E-state index >= 15 is 0 Å². The predicted octanol–water partition coefficient (Wildman–Crippen LogP) is 2.93. The van der Waals surface area contributed by atoms with Crippen LogP contribution in [0.5, 0.6) is 11.5 Å². The molecule has 1 saturated heterocycles. The first-order valence-electron chi connectivity index (χ1n) is 8.25. The third-order valence-corrected chi connectivity index (χ3v) is 5.21. The maximum absolute atomic E-state index is 10.2. The van der Waals surface area contributed by atoms with Crippen LogP contribution >= 0.6 is 34.0 Å². The first-order valence-corrected chi connectivity index (χ1v) is 8.25. The molecule has 2 aliphatic heterocycles. The molecule has 0 bridgehead atoms. The monoisotopic (exact) mass is 466 g/mol. The molecular formula is C17H28Br2N2O3. The molecule has 1 aromatic carbocycles. The van der Waals surface area contributed by atoms with Gasteiger partial charge in [0, 0.05) is 18.5 Å². The maximum atomic E-state index is 10.2. The zero-order chi connectivity index (χ0) is 15.7. The molecular weight excluding hydrogens is 440 g/mol. The first-order chi connectivity index (χ1) is 10.6. The smallest absolute Gasteiger partial charge is 0.161 e. The lowest BCUT2D eigenvalue weighted by Crippen LogP contribution is -2.42. The Morgan fingerprint density at radius 2 is 1.88 bits per heavy atom. The van der Waals surface area contributed by atoms with Gasteiger partial charge in [0.15, 0.2) is 11.5 Å². The lowest BCUT2D eigenvalue weighted by atomic mass is 9.83. The number of phenolic OH excluding ortho intramolecular Hbond substituents is 2. The Morgan fingerprint density at radius 1 is 1.21 bits per heavy atom. The van der Waals surface area contributed by atoms with E-state index in [1.165, 1.54) is 6.07 Å². The molecule has 2 heterocycles. The molecule has 3 rings (SSSR count). The Hall–Kier alpha value is -0.340. The summed E-state index contributed by atoms with van der Waals surface area (Å²) >= 11 is 0. The standard InChI is InChI=1S/C17H26N2O3.2BrH/c1-2-19-7-5-11(6-8-19)15-9-13-12(16(10-18)22-15)3-4-14(20)17(13)21;;/h3-4,11,15-16,20-21H,2,5-10,18H2,1H3;2*1H. The van der Waals surface area contributed by atoms with E-state index in [0.717, 1.165) is 43.6 Å². The minimum Gasteiger partial charge on any atom is -0.504 e. The molecule has 0 aliphatic carbocycles. The molecule has 7 heteroatoms. The molecule has 2 unspecified atom stereocenters. The van der Waals surface area contributed by atoms with Crippen molar-refractivity contribution in [1.29, 1.82) is 0 Å². The van der Waals surface area contributed by atoms with E-state index in [1.54, 1.807) is 0 Å². The molecule has 1 fully saturated rings.